The Hall–Kier alpha value is -1.46. The molecule has 6 nitrogen and oxygen atoms in total. The summed E-state index contributed by atoms with van der Waals surface area (Å²) in [5, 5.41) is 2.81. The van der Waals surface area contributed by atoms with Gasteiger partial charge >= 0.3 is 12.2 Å². The fourth-order valence-electron chi connectivity index (χ4n) is 2.89. The van der Waals surface area contributed by atoms with Crippen LogP contribution in [-0.2, 0) is 9.47 Å². The van der Waals surface area contributed by atoms with Crippen molar-refractivity contribution >= 4 is 12.2 Å². The van der Waals surface area contributed by atoms with Crippen LogP contribution >= 0.6 is 0 Å². The lowest BCUT2D eigenvalue weighted by Crippen LogP contribution is -2.52. The number of carbonyl (C=O) groups is 2. The lowest BCUT2D eigenvalue weighted by Gasteiger charge is -2.37. The van der Waals surface area contributed by atoms with Gasteiger partial charge in [-0.3, -0.25) is 0 Å². The molecule has 1 saturated heterocycles. The highest BCUT2D eigenvalue weighted by atomic mass is 16.6. The first-order chi connectivity index (χ1) is 9.62. The summed E-state index contributed by atoms with van der Waals surface area (Å²) < 4.78 is 9.71. The molecule has 0 aromatic rings. The van der Waals surface area contributed by atoms with Crippen molar-refractivity contribution in [3.05, 3.63) is 0 Å². The highest BCUT2D eigenvalue weighted by molar-refractivity contribution is 5.69. The number of nitrogens with zero attached hydrogens (tertiary/aromatic N) is 1. The van der Waals surface area contributed by atoms with Crippen molar-refractivity contribution in [2.45, 2.75) is 38.6 Å². The second-order valence-corrected chi connectivity index (χ2v) is 5.72. The average molecular weight is 284 g/mol. The molecule has 2 unspecified atom stereocenters. The van der Waals surface area contributed by atoms with Gasteiger partial charge in [-0.05, 0) is 31.6 Å². The highest BCUT2D eigenvalue weighted by Gasteiger charge is 2.35. The molecule has 1 aliphatic carbocycles. The number of ether oxygens (including phenoxy) is 2. The molecule has 6 heteroatoms. The first-order valence-corrected chi connectivity index (χ1v) is 7.38. The van der Waals surface area contributed by atoms with E-state index in [2.05, 4.69) is 10.1 Å². The zero-order valence-electron chi connectivity index (χ0n) is 12.3. The van der Waals surface area contributed by atoms with Crippen molar-refractivity contribution in [1.82, 2.24) is 10.2 Å². The Morgan fingerprint density at radius 1 is 1.25 bits per heavy atom. The third kappa shape index (κ3) is 4.28. The van der Waals surface area contributed by atoms with Crippen LogP contribution in [0, 0.1) is 11.8 Å². The van der Waals surface area contributed by atoms with Gasteiger partial charge in [0.15, 0.2) is 0 Å². The predicted octanol–water partition coefficient (Wildman–Crippen LogP) is 1.99. The van der Waals surface area contributed by atoms with Crippen molar-refractivity contribution in [2.24, 2.45) is 11.8 Å². The van der Waals surface area contributed by atoms with Gasteiger partial charge in [-0.15, -0.1) is 0 Å². The standard InChI is InChI=1S/C14H24N2O4/c1-3-20-14(18)16-8-11(6-10-4-5-10)7-12(9-16)15-13(17)19-2/h10-12H,3-9H2,1-2H3,(H,15,17). The molecule has 2 amide bonds. The van der Waals surface area contributed by atoms with Crippen molar-refractivity contribution in [1.29, 1.82) is 0 Å². The van der Waals surface area contributed by atoms with Crippen molar-refractivity contribution in [3.8, 4) is 0 Å². The summed E-state index contributed by atoms with van der Waals surface area (Å²) in [5.41, 5.74) is 0. The van der Waals surface area contributed by atoms with Crippen LogP contribution in [0.3, 0.4) is 0 Å². The molecule has 0 radical (unpaired) electrons. The fourth-order valence-corrected chi connectivity index (χ4v) is 2.89. The molecule has 0 aromatic heterocycles. The normalized spacial score (nSPS) is 26.0. The molecule has 1 saturated carbocycles. The van der Waals surface area contributed by atoms with Gasteiger partial charge in [0.1, 0.15) is 0 Å². The molecule has 114 valence electrons. The van der Waals surface area contributed by atoms with E-state index in [-0.39, 0.29) is 12.1 Å². The lowest BCUT2D eigenvalue weighted by molar-refractivity contribution is 0.0747. The molecular weight excluding hydrogens is 260 g/mol. The number of methoxy groups -OCH3 is 1. The Bertz CT molecular complexity index is 357. The molecular formula is C14H24N2O4. The van der Waals surface area contributed by atoms with Crippen LogP contribution in [0.4, 0.5) is 9.59 Å². The van der Waals surface area contributed by atoms with E-state index in [9.17, 15) is 9.59 Å². The molecule has 1 heterocycles. The van der Waals surface area contributed by atoms with E-state index < -0.39 is 6.09 Å². The summed E-state index contributed by atoms with van der Waals surface area (Å²) in [5.74, 6) is 1.24. The van der Waals surface area contributed by atoms with E-state index in [0.717, 1.165) is 25.3 Å². The number of hydrogen-bond donors (Lipinski definition) is 1. The molecule has 2 rings (SSSR count). The molecule has 0 aromatic carbocycles. The molecule has 2 fully saturated rings. The molecule has 1 aliphatic heterocycles. The van der Waals surface area contributed by atoms with Gasteiger partial charge in [0, 0.05) is 13.1 Å². The largest absolute Gasteiger partial charge is 0.453 e. The quantitative estimate of drug-likeness (QED) is 0.857. The van der Waals surface area contributed by atoms with Gasteiger partial charge < -0.3 is 19.7 Å². The molecule has 1 N–H and O–H groups in total. The Kier molecular flexibility index (Phi) is 5.09. The van der Waals surface area contributed by atoms with Crippen LogP contribution in [0.5, 0.6) is 0 Å². The van der Waals surface area contributed by atoms with E-state index in [0.29, 0.717) is 19.1 Å². The zero-order valence-corrected chi connectivity index (χ0v) is 12.3. The summed E-state index contributed by atoms with van der Waals surface area (Å²) in [4.78, 5) is 25.0. The summed E-state index contributed by atoms with van der Waals surface area (Å²) in [6.45, 7) is 3.40. The van der Waals surface area contributed by atoms with Crippen LogP contribution in [0.1, 0.15) is 32.6 Å². The minimum atomic E-state index is -0.439. The average Bonchev–Trinajstić information content (AvgIpc) is 3.22. The maximum absolute atomic E-state index is 11.9. The first kappa shape index (κ1) is 14.9. The molecule has 0 bridgehead atoms. The number of likely N-dealkylation sites (tertiary alicyclic amines) is 1. The second kappa shape index (κ2) is 6.81. The van der Waals surface area contributed by atoms with Gasteiger partial charge in [0.2, 0.25) is 0 Å². The Labute approximate surface area is 119 Å². The van der Waals surface area contributed by atoms with Crippen LogP contribution in [0.25, 0.3) is 0 Å². The van der Waals surface area contributed by atoms with E-state index in [1.807, 2.05) is 0 Å². The minimum Gasteiger partial charge on any atom is -0.453 e. The van der Waals surface area contributed by atoms with Crippen molar-refractivity contribution < 1.29 is 19.1 Å². The van der Waals surface area contributed by atoms with E-state index >= 15 is 0 Å². The Morgan fingerprint density at radius 3 is 2.60 bits per heavy atom. The van der Waals surface area contributed by atoms with Gasteiger partial charge in [0.25, 0.3) is 0 Å². The van der Waals surface area contributed by atoms with Crippen molar-refractivity contribution in [2.75, 3.05) is 26.8 Å². The van der Waals surface area contributed by atoms with Crippen LogP contribution in [0.15, 0.2) is 0 Å². The van der Waals surface area contributed by atoms with Crippen LogP contribution < -0.4 is 5.32 Å². The van der Waals surface area contributed by atoms with Gasteiger partial charge in [-0.25, -0.2) is 9.59 Å². The number of rotatable bonds is 4. The first-order valence-electron chi connectivity index (χ1n) is 7.38. The summed E-state index contributed by atoms with van der Waals surface area (Å²) in [7, 11) is 1.35. The Morgan fingerprint density at radius 2 is 2.00 bits per heavy atom. The maximum Gasteiger partial charge on any atom is 0.409 e. The summed E-state index contributed by atoms with van der Waals surface area (Å²) >= 11 is 0. The second-order valence-electron chi connectivity index (χ2n) is 5.72. The number of piperidine rings is 1. The lowest BCUT2D eigenvalue weighted by atomic mass is 9.90. The third-order valence-corrected chi connectivity index (χ3v) is 3.93. The van der Waals surface area contributed by atoms with Crippen LogP contribution in [-0.4, -0.2) is 49.9 Å². The van der Waals surface area contributed by atoms with Gasteiger partial charge in [0.05, 0.1) is 19.8 Å². The number of hydrogen-bond acceptors (Lipinski definition) is 4. The molecule has 20 heavy (non-hydrogen) atoms. The minimum absolute atomic E-state index is 0.0515. The molecule has 2 aliphatic rings. The van der Waals surface area contributed by atoms with Crippen LogP contribution in [0.2, 0.25) is 0 Å². The molecule has 2 atom stereocenters. The zero-order chi connectivity index (χ0) is 14.5. The number of alkyl carbamates (subject to hydrolysis) is 1. The summed E-state index contributed by atoms with van der Waals surface area (Å²) in [6, 6.07) is -0.0515. The topological polar surface area (TPSA) is 67.9 Å². The van der Waals surface area contributed by atoms with Gasteiger partial charge in [-0.2, -0.15) is 0 Å². The van der Waals surface area contributed by atoms with Gasteiger partial charge in [-0.1, -0.05) is 12.8 Å². The fraction of sp³-hybridized carbons (Fsp3) is 0.857. The maximum atomic E-state index is 11.9. The Balaban J connectivity index is 1.93. The van der Waals surface area contributed by atoms with E-state index in [4.69, 9.17) is 4.74 Å². The SMILES string of the molecule is CCOC(=O)N1CC(CC2CC2)CC(NC(=O)OC)C1. The summed E-state index contributed by atoms with van der Waals surface area (Å²) in [6.07, 6.45) is 3.91. The predicted molar refractivity (Wildman–Crippen MR) is 73.4 cm³/mol. The monoisotopic (exact) mass is 284 g/mol. The van der Waals surface area contributed by atoms with E-state index in [1.54, 1.807) is 11.8 Å². The number of carbonyl (C=O) groups excluding carboxylic acids is 2. The van der Waals surface area contributed by atoms with E-state index in [1.165, 1.54) is 20.0 Å². The molecule has 0 spiro atoms. The number of amides is 2. The third-order valence-electron chi connectivity index (χ3n) is 3.93. The highest BCUT2D eigenvalue weighted by Crippen LogP contribution is 2.37. The van der Waals surface area contributed by atoms with Crippen molar-refractivity contribution in [3.63, 3.8) is 0 Å². The number of nitrogens with one attached hydrogen (secondary N) is 1. The smallest absolute Gasteiger partial charge is 0.409 e.